The SMILES string of the molecule is COc1ccccc1C1CCN(c2nc(-c3ccccc3)nc3ccc(C(C)CN4CCOCC4)cc23)CC1. The number of para-hydroxylation sites is 1. The molecule has 1 atom stereocenters. The molecule has 2 saturated heterocycles. The normalized spacial score (nSPS) is 17.8. The Morgan fingerprint density at radius 1 is 0.897 bits per heavy atom. The molecule has 2 fully saturated rings. The van der Waals surface area contributed by atoms with Crippen molar-refractivity contribution in [2.45, 2.75) is 31.6 Å². The van der Waals surface area contributed by atoms with Crippen LogP contribution in [0.3, 0.4) is 0 Å². The number of ether oxygens (including phenoxy) is 2. The maximum atomic E-state index is 5.68. The van der Waals surface area contributed by atoms with Crippen molar-refractivity contribution in [2.75, 3.05) is 57.9 Å². The number of methoxy groups -OCH3 is 1. The summed E-state index contributed by atoms with van der Waals surface area (Å²) in [6.45, 7) is 8.95. The Morgan fingerprint density at radius 2 is 1.64 bits per heavy atom. The molecule has 6 heteroatoms. The molecule has 0 amide bonds. The van der Waals surface area contributed by atoms with Crippen LogP contribution >= 0.6 is 0 Å². The van der Waals surface area contributed by atoms with Crippen molar-refractivity contribution in [3.63, 3.8) is 0 Å². The van der Waals surface area contributed by atoms with E-state index in [1.54, 1.807) is 7.11 Å². The highest BCUT2D eigenvalue weighted by molar-refractivity contribution is 5.91. The molecule has 39 heavy (non-hydrogen) atoms. The van der Waals surface area contributed by atoms with Crippen LogP contribution in [-0.2, 0) is 4.74 Å². The number of benzene rings is 3. The van der Waals surface area contributed by atoms with E-state index in [2.05, 4.69) is 77.4 Å². The molecule has 0 aliphatic carbocycles. The van der Waals surface area contributed by atoms with Gasteiger partial charge in [-0.25, -0.2) is 9.97 Å². The van der Waals surface area contributed by atoms with Gasteiger partial charge >= 0.3 is 0 Å². The molecule has 1 unspecified atom stereocenters. The first-order valence-corrected chi connectivity index (χ1v) is 14.2. The number of morpholine rings is 1. The van der Waals surface area contributed by atoms with Crippen LogP contribution in [0.15, 0.2) is 72.8 Å². The van der Waals surface area contributed by atoms with E-state index in [-0.39, 0.29) is 0 Å². The fourth-order valence-electron chi connectivity index (χ4n) is 6.08. The maximum absolute atomic E-state index is 5.68. The molecular weight excluding hydrogens is 484 g/mol. The molecule has 1 aromatic heterocycles. The third-order valence-corrected chi connectivity index (χ3v) is 8.31. The summed E-state index contributed by atoms with van der Waals surface area (Å²) in [7, 11) is 1.77. The van der Waals surface area contributed by atoms with Gasteiger partial charge in [-0.3, -0.25) is 4.90 Å². The fraction of sp³-hybridized carbons (Fsp3) is 0.394. The van der Waals surface area contributed by atoms with E-state index in [1.165, 1.54) is 11.1 Å². The highest BCUT2D eigenvalue weighted by Crippen LogP contribution is 2.37. The second-order valence-corrected chi connectivity index (χ2v) is 10.8. The van der Waals surface area contributed by atoms with Gasteiger partial charge in [0, 0.05) is 43.7 Å². The molecule has 0 N–H and O–H groups in total. The van der Waals surface area contributed by atoms with Crippen LogP contribution in [0.4, 0.5) is 5.82 Å². The van der Waals surface area contributed by atoms with Crippen LogP contribution < -0.4 is 9.64 Å². The smallest absolute Gasteiger partial charge is 0.162 e. The molecule has 202 valence electrons. The van der Waals surface area contributed by atoms with Crippen molar-refractivity contribution in [1.82, 2.24) is 14.9 Å². The van der Waals surface area contributed by atoms with Gasteiger partial charge in [-0.2, -0.15) is 0 Å². The van der Waals surface area contributed by atoms with Gasteiger partial charge in [0.2, 0.25) is 0 Å². The lowest BCUT2D eigenvalue weighted by Gasteiger charge is -2.34. The number of fused-ring (bicyclic) bond motifs is 1. The van der Waals surface area contributed by atoms with Crippen molar-refractivity contribution in [3.8, 4) is 17.1 Å². The topological polar surface area (TPSA) is 50.7 Å². The van der Waals surface area contributed by atoms with Gasteiger partial charge in [-0.05, 0) is 54.0 Å². The van der Waals surface area contributed by atoms with Gasteiger partial charge in [0.1, 0.15) is 11.6 Å². The summed E-state index contributed by atoms with van der Waals surface area (Å²) in [5.74, 6) is 3.75. The van der Waals surface area contributed by atoms with Crippen molar-refractivity contribution in [2.24, 2.45) is 0 Å². The monoisotopic (exact) mass is 522 g/mol. The highest BCUT2D eigenvalue weighted by Gasteiger charge is 2.26. The lowest BCUT2D eigenvalue weighted by molar-refractivity contribution is 0.0357. The number of nitrogens with zero attached hydrogens (tertiary/aromatic N) is 4. The van der Waals surface area contributed by atoms with Crippen LogP contribution in [0.1, 0.15) is 42.7 Å². The molecule has 4 aromatic rings. The summed E-state index contributed by atoms with van der Waals surface area (Å²) in [5.41, 5.74) is 4.72. The minimum Gasteiger partial charge on any atom is -0.496 e. The van der Waals surface area contributed by atoms with Crippen LogP contribution in [0.2, 0.25) is 0 Å². The second kappa shape index (κ2) is 11.7. The van der Waals surface area contributed by atoms with E-state index in [0.717, 1.165) is 92.6 Å². The Bertz CT molecular complexity index is 1400. The number of piperidine rings is 1. The largest absolute Gasteiger partial charge is 0.496 e. The van der Waals surface area contributed by atoms with E-state index in [1.807, 2.05) is 12.1 Å². The summed E-state index contributed by atoms with van der Waals surface area (Å²) in [4.78, 5) is 15.2. The number of rotatable bonds is 7. The lowest BCUT2D eigenvalue weighted by Crippen LogP contribution is -2.38. The van der Waals surface area contributed by atoms with E-state index in [4.69, 9.17) is 19.4 Å². The fourth-order valence-corrected chi connectivity index (χ4v) is 6.08. The zero-order valence-electron chi connectivity index (χ0n) is 23.1. The quantitative estimate of drug-likeness (QED) is 0.291. The minimum atomic E-state index is 0.422. The molecule has 0 radical (unpaired) electrons. The molecule has 6 nitrogen and oxygen atoms in total. The zero-order chi connectivity index (χ0) is 26.6. The molecule has 0 bridgehead atoms. The highest BCUT2D eigenvalue weighted by atomic mass is 16.5. The Labute approximate surface area is 231 Å². The molecule has 0 saturated carbocycles. The van der Waals surface area contributed by atoms with Crippen LogP contribution in [0.5, 0.6) is 5.75 Å². The first-order valence-electron chi connectivity index (χ1n) is 14.2. The second-order valence-electron chi connectivity index (χ2n) is 10.8. The molecular formula is C33H38N4O2. The van der Waals surface area contributed by atoms with E-state index in [0.29, 0.717) is 11.8 Å². The van der Waals surface area contributed by atoms with Gasteiger partial charge < -0.3 is 14.4 Å². The lowest BCUT2D eigenvalue weighted by atomic mass is 9.88. The number of aromatic nitrogens is 2. The first-order chi connectivity index (χ1) is 19.2. The van der Waals surface area contributed by atoms with Crippen LogP contribution in [0, 0.1) is 0 Å². The predicted octanol–water partition coefficient (Wildman–Crippen LogP) is 6.13. The Morgan fingerprint density at radius 3 is 2.41 bits per heavy atom. The van der Waals surface area contributed by atoms with Crippen molar-refractivity contribution < 1.29 is 9.47 Å². The number of anilines is 1. The standard InChI is InChI=1S/C33H38N4O2/c1-24(23-36-18-20-39-21-19-36)27-12-13-30-29(22-27)33(35-32(34-30)26-8-4-3-5-9-26)37-16-14-25(15-17-37)28-10-6-7-11-31(28)38-2/h3-13,22,24-25H,14-21,23H2,1-2H3. The van der Waals surface area contributed by atoms with Crippen molar-refractivity contribution >= 4 is 16.7 Å². The molecule has 3 aromatic carbocycles. The Kier molecular flexibility index (Phi) is 7.75. The van der Waals surface area contributed by atoms with Gasteiger partial charge in [0.15, 0.2) is 5.82 Å². The average Bonchev–Trinajstić information content (AvgIpc) is 3.01. The number of hydrogen-bond acceptors (Lipinski definition) is 6. The van der Waals surface area contributed by atoms with Crippen LogP contribution in [-0.4, -0.2) is 67.9 Å². The molecule has 0 spiro atoms. The van der Waals surface area contributed by atoms with Gasteiger partial charge in [0.25, 0.3) is 0 Å². The molecule has 6 rings (SSSR count). The van der Waals surface area contributed by atoms with Crippen molar-refractivity contribution in [3.05, 3.63) is 83.9 Å². The maximum Gasteiger partial charge on any atom is 0.162 e. The third-order valence-electron chi connectivity index (χ3n) is 8.31. The van der Waals surface area contributed by atoms with Crippen molar-refractivity contribution in [1.29, 1.82) is 0 Å². The summed E-state index contributed by atoms with van der Waals surface area (Å²) < 4.78 is 11.2. The van der Waals surface area contributed by atoms with Gasteiger partial charge in [0.05, 0.1) is 25.8 Å². The van der Waals surface area contributed by atoms with Gasteiger partial charge in [-0.15, -0.1) is 0 Å². The van der Waals surface area contributed by atoms with E-state index in [9.17, 15) is 0 Å². The molecule has 2 aliphatic heterocycles. The summed E-state index contributed by atoms with van der Waals surface area (Å²) >= 11 is 0. The summed E-state index contributed by atoms with van der Waals surface area (Å²) in [6.07, 6.45) is 2.14. The summed E-state index contributed by atoms with van der Waals surface area (Å²) in [6, 6.07) is 25.6. The first kappa shape index (κ1) is 25.8. The minimum absolute atomic E-state index is 0.422. The van der Waals surface area contributed by atoms with Gasteiger partial charge in [-0.1, -0.05) is 61.5 Å². The summed E-state index contributed by atoms with van der Waals surface area (Å²) in [5, 5.41) is 1.15. The van der Waals surface area contributed by atoms with E-state index >= 15 is 0 Å². The Hall–Kier alpha value is -3.48. The Balaban J connectivity index is 1.32. The molecule has 3 heterocycles. The predicted molar refractivity (Wildman–Crippen MR) is 158 cm³/mol. The third kappa shape index (κ3) is 5.63. The van der Waals surface area contributed by atoms with Crippen LogP contribution in [0.25, 0.3) is 22.3 Å². The van der Waals surface area contributed by atoms with E-state index < -0.39 is 0 Å². The average molecular weight is 523 g/mol. The number of hydrogen-bond donors (Lipinski definition) is 0. The zero-order valence-corrected chi connectivity index (χ0v) is 23.1. The molecule has 2 aliphatic rings.